The van der Waals surface area contributed by atoms with Gasteiger partial charge >= 0.3 is 5.97 Å². The second kappa shape index (κ2) is 6.44. The van der Waals surface area contributed by atoms with E-state index >= 15 is 0 Å². The van der Waals surface area contributed by atoms with Crippen LogP contribution in [-0.2, 0) is 11.2 Å². The Kier molecular flexibility index (Phi) is 5.11. The van der Waals surface area contributed by atoms with Crippen LogP contribution in [0.15, 0.2) is 6.07 Å². The minimum atomic E-state index is -1.70. The molecule has 128 valence electrons. The van der Waals surface area contributed by atoms with E-state index in [-0.39, 0.29) is 5.97 Å². The van der Waals surface area contributed by atoms with Crippen molar-refractivity contribution >= 4 is 32.5 Å². The maximum atomic E-state index is 12.7. The van der Waals surface area contributed by atoms with Crippen LogP contribution in [0.4, 0.5) is 0 Å². The number of hydrogen-bond acceptors (Lipinski definition) is 3. The Labute approximate surface area is 142 Å². The third kappa shape index (κ3) is 3.71. The van der Waals surface area contributed by atoms with Crippen LogP contribution >= 0.6 is 0 Å². The third-order valence-corrected chi connectivity index (χ3v) is 8.31. The van der Waals surface area contributed by atoms with Gasteiger partial charge in [-0.15, -0.1) is 0 Å². The predicted molar refractivity (Wildman–Crippen MR) is 102 cm³/mol. The van der Waals surface area contributed by atoms with E-state index < -0.39 is 16.1 Å². The van der Waals surface area contributed by atoms with Crippen molar-refractivity contribution < 1.29 is 14.3 Å². The van der Waals surface area contributed by atoms with Crippen LogP contribution < -0.4 is 15.1 Å². The van der Waals surface area contributed by atoms with Gasteiger partial charge in [0.05, 0.1) is 34.9 Å². The van der Waals surface area contributed by atoms with Gasteiger partial charge in [0.15, 0.2) is 0 Å². The molecular formula is C18H30O3Si2. The first-order chi connectivity index (χ1) is 10.6. The summed E-state index contributed by atoms with van der Waals surface area (Å²) >= 11 is 0. The van der Waals surface area contributed by atoms with Crippen LogP contribution in [0.2, 0.25) is 39.3 Å². The first-order valence-corrected chi connectivity index (χ1v) is 15.6. The molecule has 0 radical (unpaired) electrons. The lowest BCUT2D eigenvalue weighted by Crippen LogP contribution is -2.49. The van der Waals surface area contributed by atoms with Gasteiger partial charge in [0.25, 0.3) is 0 Å². The van der Waals surface area contributed by atoms with E-state index in [2.05, 4.69) is 45.3 Å². The van der Waals surface area contributed by atoms with Crippen LogP contribution in [0.5, 0.6) is 5.75 Å². The van der Waals surface area contributed by atoms with E-state index in [1.54, 1.807) is 0 Å². The molecule has 1 heterocycles. The summed E-state index contributed by atoms with van der Waals surface area (Å²) in [4.78, 5) is 12.7. The molecule has 0 atom stereocenters. The van der Waals surface area contributed by atoms with Crippen molar-refractivity contribution in [2.45, 2.75) is 59.0 Å². The van der Waals surface area contributed by atoms with E-state index in [9.17, 15) is 4.79 Å². The van der Waals surface area contributed by atoms with E-state index in [0.29, 0.717) is 6.61 Å². The van der Waals surface area contributed by atoms with Gasteiger partial charge in [0, 0.05) is 0 Å². The van der Waals surface area contributed by atoms with E-state index in [0.717, 1.165) is 30.8 Å². The molecule has 2 rings (SSSR count). The highest BCUT2D eigenvalue weighted by atomic mass is 28.3. The Morgan fingerprint density at radius 1 is 1.17 bits per heavy atom. The zero-order valence-corrected chi connectivity index (χ0v) is 17.6. The average molecular weight is 351 g/mol. The number of rotatable bonds is 4. The molecule has 0 N–H and O–H groups in total. The van der Waals surface area contributed by atoms with Crippen LogP contribution in [0.1, 0.15) is 29.3 Å². The molecule has 0 aromatic heterocycles. The number of esters is 1. The normalized spacial score (nSPS) is 14.9. The van der Waals surface area contributed by atoms with E-state index in [1.807, 2.05) is 6.92 Å². The molecule has 3 nitrogen and oxygen atoms in total. The van der Waals surface area contributed by atoms with Gasteiger partial charge in [-0.2, -0.15) is 0 Å². The van der Waals surface area contributed by atoms with Gasteiger partial charge in [0.2, 0.25) is 0 Å². The SMILES string of the molecule is CCOC(=O)c1cc([Si](C)(C)C)c2c(c1[Si](C)(C)C)CCCO2. The molecule has 0 fully saturated rings. The number of benzene rings is 1. The maximum absolute atomic E-state index is 12.7. The van der Waals surface area contributed by atoms with Gasteiger partial charge in [-0.3, -0.25) is 0 Å². The van der Waals surface area contributed by atoms with Crippen molar-refractivity contribution in [3.05, 3.63) is 17.2 Å². The number of hydrogen-bond donors (Lipinski definition) is 0. The highest BCUT2D eigenvalue weighted by Gasteiger charge is 2.35. The molecule has 23 heavy (non-hydrogen) atoms. The topological polar surface area (TPSA) is 35.5 Å². The molecule has 1 aliphatic rings. The number of fused-ring (bicyclic) bond motifs is 1. The van der Waals surface area contributed by atoms with Crippen LogP contribution in [0.25, 0.3) is 0 Å². The monoisotopic (exact) mass is 350 g/mol. The minimum absolute atomic E-state index is 0.169. The fourth-order valence-corrected chi connectivity index (χ4v) is 6.94. The highest BCUT2D eigenvalue weighted by molar-refractivity contribution is 6.91. The molecule has 5 heteroatoms. The summed E-state index contributed by atoms with van der Waals surface area (Å²) < 4.78 is 11.5. The van der Waals surface area contributed by atoms with E-state index in [1.165, 1.54) is 15.9 Å². The number of ether oxygens (including phenoxy) is 2. The molecule has 0 unspecified atom stereocenters. The predicted octanol–water partition coefficient (Wildman–Crippen LogP) is 3.28. The van der Waals surface area contributed by atoms with E-state index in [4.69, 9.17) is 9.47 Å². The summed E-state index contributed by atoms with van der Waals surface area (Å²) in [5.74, 6) is 0.915. The van der Waals surface area contributed by atoms with Crippen molar-refractivity contribution in [3.8, 4) is 5.75 Å². The Hall–Kier alpha value is -1.08. The molecule has 0 bridgehead atoms. The zero-order valence-electron chi connectivity index (χ0n) is 15.6. The van der Waals surface area contributed by atoms with Crippen LogP contribution in [-0.4, -0.2) is 35.3 Å². The Morgan fingerprint density at radius 3 is 2.35 bits per heavy atom. The minimum Gasteiger partial charge on any atom is -0.493 e. The summed E-state index contributed by atoms with van der Waals surface area (Å²) in [5, 5.41) is 2.50. The van der Waals surface area contributed by atoms with Gasteiger partial charge < -0.3 is 9.47 Å². The van der Waals surface area contributed by atoms with Crippen LogP contribution in [0.3, 0.4) is 0 Å². The molecule has 0 saturated heterocycles. The lowest BCUT2D eigenvalue weighted by atomic mass is 10.0. The Morgan fingerprint density at radius 2 is 1.83 bits per heavy atom. The molecule has 0 spiro atoms. The zero-order chi connectivity index (χ0) is 17.4. The summed E-state index contributed by atoms with van der Waals surface area (Å²) in [6, 6.07) is 2.10. The third-order valence-electron chi connectivity index (χ3n) is 4.25. The molecule has 1 aromatic rings. The molecule has 0 saturated carbocycles. The lowest BCUT2D eigenvalue weighted by Gasteiger charge is -2.33. The van der Waals surface area contributed by atoms with Gasteiger partial charge in [-0.25, -0.2) is 4.79 Å². The van der Waals surface area contributed by atoms with Gasteiger partial charge in [-0.05, 0) is 41.8 Å². The van der Waals surface area contributed by atoms with Gasteiger partial charge in [0.1, 0.15) is 5.75 Å². The van der Waals surface area contributed by atoms with Crippen molar-refractivity contribution in [1.29, 1.82) is 0 Å². The quantitative estimate of drug-likeness (QED) is 0.617. The second-order valence-corrected chi connectivity index (χ2v) is 18.4. The molecule has 1 aliphatic heterocycles. The first-order valence-electron chi connectivity index (χ1n) is 8.58. The van der Waals surface area contributed by atoms with Crippen LogP contribution in [0, 0.1) is 0 Å². The fraction of sp³-hybridized carbons (Fsp3) is 0.611. The summed E-state index contributed by atoms with van der Waals surface area (Å²) in [6.45, 7) is 16.9. The van der Waals surface area contributed by atoms with Crippen molar-refractivity contribution in [2.75, 3.05) is 13.2 Å². The average Bonchev–Trinajstić information content (AvgIpc) is 2.43. The first kappa shape index (κ1) is 18.3. The standard InChI is InChI=1S/C18H30O3Si2/c1-8-20-18(19)14-12-15(22(2,3)4)16-13(10-9-11-21-16)17(14)23(5,6)7/h12H,8-11H2,1-7H3. The summed E-state index contributed by atoms with van der Waals surface area (Å²) in [6.07, 6.45) is 2.04. The van der Waals surface area contributed by atoms with Crippen molar-refractivity contribution in [2.24, 2.45) is 0 Å². The fourth-order valence-electron chi connectivity index (χ4n) is 3.33. The summed E-state index contributed by atoms with van der Waals surface area (Å²) in [5.41, 5.74) is 2.09. The maximum Gasteiger partial charge on any atom is 0.338 e. The van der Waals surface area contributed by atoms with Crippen molar-refractivity contribution in [1.82, 2.24) is 0 Å². The molecule has 0 aliphatic carbocycles. The Bertz CT molecular complexity index is 610. The molecule has 1 aromatic carbocycles. The largest absolute Gasteiger partial charge is 0.493 e. The highest BCUT2D eigenvalue weighted by Crippen LogP contribution is 2.28. The van der Waals surface area contributed by atoms with Gasteiger partial charge in [-0.1, -0.05) is 39.3 Å². The smallest absolute Gasteiger partial charge is 0.338 e. The molecular weight excluding hydrogens is 320 g/mol. The Balaban J connectivity index is 2.81. The van der Waals surface area contributed by atoms with Crippen molar-refractivity contribution in [3.63, 3.8) is 0 Å². The second-order valence-electron chi connectivity index (χ2n) is 8.33. The number of carbonyl (C=O) groups excluding carboxylic acids is 1. The molecule has 0 amide bonds. The number of carbonyl (C=O) groups is 1. The lowest BCUT2D eigenvalue weighted by molar-refractivity contribution is 0.0527. The summed E-state index contributed by atoms with van der Waals surface area (Å²) in [7, 11) is -3.31.